The number of thiophene rings is 1. The van der Waals surface area contributed by atoms with Crippen LogP contribution in [-0.4, -0.2) is 82.3 Å². The summed E-state index contributed by atoms with van der Waals surface area (Å²) >= 11 is 0.681. The van der Waals surface area contributed by atoms with Crippen LogP contribution in [0, 0.1) is 23.0 Å². The standard InChI is InChI=1S/C35H35F6N7O2S.C2H6/c1-4-47(20-10-17(2)48(15-20)18(3)49)32-22-11-24(35(39,40)41)27(21-6-7-25(37)30-26(21)23(13-42)31(43)51-30)28(38)29(22)44-33(45-32)50-16-34-8-5-9-46(34)14-19(36)12-34;1-2/h6-7,11,17,19-20H,4-5,8-10,12,14-16,43H2,1-3H3;1-2H3. The molecule has 4 aromatic rings. The van der Waals surface area contributed by atoms with E-state index in [1.807, 2.05) is 31.7 Å². The maximum Gasteiger partial charge on any atom is 0.417 e. The molecule has 2 aromatic carbocycles. The van der Waals surface area contributed by atoms with Crippen molar-refractivity contribution in [2.45, 2.75) is 90.3 Å². The van der Waals surface area contributed by atoms with Gasteiger partial charge in [0.25, 0.3) is 0 Å². The number of nitriles is 1. The second-order valence-corrected chi connectivity index (χ2v) is 14.7. The van der Waals surface area contributed by atoms with Gasteiger partial charge in [-0.15, -0.1) is 11.3 Å². The van der Waals surface area contributed by atoms with Crippen LogP contribution in [-0.2, 0) is 11.0 Å². The molecule has 4 atom stereocenters. The van der Waals surface area contributed by atoms with Gasteiger partial charge in [0.1, 0.15) is 41.0 Å². The number of benzene rings is 2. The lowest BCUT2D eigenvalue weighted by Crippen LogP contribution is -2.43. The summed E-state index contributed by atoms with van der Waals surface area (Å²) in [6, 6.07) is 3.65. The number of alkyl halides is 4. The van der Waals surface area contributed by atoms with Crippen molar-refractivity contribution in [3.05, 3.63) is 41.0 Å². The number of ether oxygens (including phenoxy) is 1. The number of halogens is 6. The summed E-state index contributed by atoms with van der Waals surface area (Å²) in [5.41, 5.74) is 1.91. The second-order valence-electron chi connectivity index (χ2n) is 13.6. The minimum Gasteiger partial charge on any atom is -0.461 e. The third kappa shape index (κ3) is 6.60. The van der Waals surface area contributed by atoms with E-state index in [1.165, 1.54) is 6.92 Å². The van der Waals surface area contributed by atoms with Crippen molar-refractivity contribution in [1.29, 1.82) is 5.26 Å². The molecule has 9 nitrogen and oxygen atoms in total. The summed E-state index contributed by atoms with van der Waals surface area (Å²) in [5.74, 6) is -2.38. The highest BCUT2D eigenvalue weighted by Crippen LogP contribution is 2.48. The number of nitrogens with two attached hydrogens (primary N) is 1. The maximum absolute atomic E-state index is 17.2. The molecule has 3 aliphatic heterocycles. The Balaban J connectivity index is 0.00000236. The first-order chi connectivity index (χ1) is 25.2. The molecule has 0 aliphatic carbocycles. The molecule has 3 aliphatic rings. The van der Waals surface area contributed by atoms with Crippen molar-refractivity contribution in [3.63, 3.8) is 0 Å². The first-order valence-corrected chi connectivity index (χ1v) is 18.6. The Morgan fingerprint density at radius 2 is 1.96 bits per heavy atom. The number of aromatic nitrogens is 2. The van der Waals surface area contributed by atoms with Gasteiger partial charge in [-0.2, -0.15) is 28.4 Å². The minimum absolute atomic E-state index is 0.0174. The van der Waals surface area contributed by atoms with E-state index in [4.69, 9.17) is 10.5 Å². The molecule has 5 heterocycles. The number of likely N-dealkylation sites (N-methyl/N-ethyl adjacent to an activating group) is 1. The first kappa shape index (κ1) is 38.4. The number of hydrogen-bond donors (Lipinski definition) is 1. The maximum atomic E-state index is 17.2. The fourth-order valence-electron chi connectivity index (χ4n) is 8.37. The van der Waals surface area contributed by atoms with Crippen LogP contribution in [0.25, 0.3) is 32.1 Å². The number of carbonyl (C=O) groups is 1. The summed E-state index contributed by atoms with van der Waals surface area (Å²) in [6.45, 7) is 10.5. The SMILES string of the molecule is CC.CCN(c1nc(OCC23CCCN2CC(F)C3)nc2c(F)c(-c3ccc(F)c4sc(N)c(C#N)c34)c(C(F)(F)F)cc12)C1CC(C)N(C(C)=O)C1. The van der Waals surface area contributed by atoms with Gasteiger partial charge in [-0.1, -0.05) is 19.9 Å². The van der Waals surface area contributed by atoms with Crippen molar-refractivity contribution in [3.8, 4) is 23.2 Å². The number of carbonyl (C=O) groups excluding carboxylic acids is 1. The largest absolute Gasteiger partial charge is 0.461 e. The van der Waals surface area contributed by atoms with Gasteiger partial charge < -0.3 is 20.3 Å². The van der Waals surface area contributed by atoms with E-state index in [0.717, 1.165) is 24.6 Å². The number of likely N-dealkylation sites (tertiary alicyclic amines) is 1. The van der Waals surface area contributed by atoms with Crippen LogP contribution >= 0.6 is 11.3 Å². The summed E-state index contributed by atoms with van der Waals surface area (Å²) in [5, 5.41) is 9.23. The molecule has 53 heavy (non-hydrogen) atoms. The van der Waals surface area contributed by atoms with Crippen molar-refractivity contribution >= 4 is 49.1 Å². The monoisotopic (exact) mass is 761 g/mol. The summed E-state index contributed by atoms with van der Waals surface area (Å²) in [7, 11) is 0. The molecule has 1 amide bonds. The molecule has 284 valence electrons. The highest BCUT2D eigenvalue weighted by atomic mass is 32.1. The van der Waals surface area contributed by atoms with Gasteiger partial charge >= 0.3 is 12.2 Å². The van der Waals surface area contributed by atoms with Crippen molar-refractivity contribution in [1.82, 2.24) is 19.8 Å². The van der Waals surface area contributed by atoms with Crippen molar-refractivity contribution < 1.29 is 35.9 Å². The Hall–Kier alpha value is -4.36. The summed E-state index contributed by atoms with van der Waals surface area (Å²) in [4.78, 5) is 26.7. The van der Waals surface area contributed by atoms with Gasteiger partial charge in [0.15, 0.2) is 5.82 Å². The van der Waals surface area contributed by atoms with E-state index in [-0.39, 0.29) is 94.1 Å². The van der Waals surface area contributed by atoms with Gasteiger partial charge in [-0.3, -0.25) is 9.69 Å². The molecule has 2 N–H and O–H groups in total. The molecule has 3 saturated heterocycles. The zero-order valence-corrected chi connectivity index (χ0v) is 30.9. The fraction of sp³-hybridized carbons (Fsp3) is 0.514. The fourth-order valence-corrected chi connectivity index (χ4v) is 9.32. The van der Waals surface area contributed by atoms with E-state index in [9.17, 15) is 18.8 Å². The third-order valence-corrected chi connectivity index (χ3v) is 11.7. The third-order valence-electron chi connectivity index (χ3n) is 10.6. The van der Waals surface area contributed by atoms with Crippen LogP contribution in [0.1, 0.15) is 71.4 Å². The Labute approximate surface area is 307 Å². The van der Waals surface area contributed by atoms with Crippen LogP contribution in [0.5, 0.6) is 6.01 Å². The number of anilines is 2. The lowest BCUT2D eigenvalue weighted by atomic mass is 9.92. The Morgan fingerprint density at radius 3 is 2.60 bits per heavy atom. The Morgan fingerprint density at radius 1 is 1.23 bits per heavy atom. The lowest BCUT2D eigenvalue weighted by molar-refractivity contribution is -0.137. The van der Waals surface area contributed by atoms with E-state index in [0.29, 0.717) is 30.7 Å². The van der Waals surface area contributed by atoms with Gasteiger partial charge in [-0.25, -0.2) is 13.2 Å². The highest BCUT2D eigenvalue weighted by Gasteiger charge is 2.49. The van der Waals surface area contributed by atoms with E-state index < -0.39 is 46.2 Å². The highest BCUT2D eigenvalue weighted by molar-refractivity contribution is 7.23. The Bertz CT molecular complexity index is 2100. The van der Waals surface area contributed by atoms with Crippen LogP contribution in [0.15, 0.2) is 18.2 Å². The topological polar surface area (TPSA) is 112 Å². The molecule has 16 heteroatoms. The predicted molar refractivity (Wildman–Crippen MR) is 193 cm³/mol. The van der Waals surface area contributed by atoms with Gasteiger partial charge in [0, 0.05) is 61.4 Å². The second kappa shape index (κ2) is 14.5. The number of rotatable bonds is 7. The van der Waals surface area contributed by atoms with Crippen molar-refractivity contribution in [2.75, 3.05) is 43.4 Å². The molecule has 0 radical (unpaired) electrons. The lowest BCUT2D eigenvalue weighted by Gasteiger charge is -2.32. The zero-order chi connectivity index (χ0) is 38.6. The molecule has 0 bridgehead atoms. The van der Waals surface area contributed by atoms with E-state index >= 15 is 17.6 Å². The summed E-state index contributed by atoms with van der Waals surface area (Å²) < 4.78 is 97.8. The molecule has 3 fully saturated rings. The van der Waals surface area contributed by atoms with Crippen LogP contribution in [0.4, 0.5) is 37.2 Å². The average Bonchev–Trinajstić information content (AvgIpc) is 3.86. The average molecular weight is 762 g/mol. The minimum atomic E-state index is -5.12. The van der Waals surface area contributed by atoms with Crippen LogP contribution in [0.2, 0.25) is 0 Å². The molecule has 0 spiro atoms. The molecule has 0 saturated carbocycles. The molecule has 2 aromatic heterocycles. The number of nitrogen functional groups attached to an aromatic ring is 1. The van der Waals surface area contributed by atoms with E-state index in [1.54, 1.807) is 16.7 Å². The summed E-state index contributed by atoms with van der Waals surface area (Å²) in [6.07, 6.45) is -3.97. The van der Waals surface area contributed by atoms with Gasteiger partial charge in [-0.05, 0) is 57.4 Å². The predicted octanol–water partition coefficient (Wildman–Crippen LogP) is 8.08. The zero-order valence-electron chi connectivity index (χ0n) is 30.1. The van der Waals surface area contributed by atoms with Crippen LogP contribution < -0.4 is 15.4 Å². The van der Waals surface area contributed by atoms with Crippen molar-refractivity contribution in [2.24, 2.45) is 0 Å². The number of amides is 1. The normalized spacial score (nSPS) is 22.9. The number of nitrogens with zero attached hydrogens (tertiary/aromatic N) is 6. The number of hydrogen-bond acceptors (Lipinski definition) is 9. The molecular weight excluding hydrogens is 721 g/mol. The van der Waals surface area contributed by atoms with Crippen LogP contribution in [0.3, 0.4) is 0 Å². The van der Waals surface area contributed by atoms with E-state index in [2.05, 4.69) is 9.97 Å². The van der Waals surface area contributed by atoms with Gasteiger partial charge in [0.05, 0.1) is 21.4 Å². The molecular formula is C37H41F6N7O2S. The quantitative estimate of drug-likeness (QED) is 0.188. The molecule has 7 rings (SSSR count). The number of fused-ring (bicyclic) bond motifs is 3. The van der Waals surface area contributed by atoms with Gasteiger partial charge in [0.2, 0.25) is 5.91 Å². The smallest absolute Gasteiger partial charge is 0.417 e. The Kier molecular flexibility index (Phi) is 10.5. The first-order valence-electron chi connectivity index (χ1n) is 17.8. The molecule has 4 unspecified atom stereocenters.